The normalized spacial score (nSPS) is 15.1. The van der Waals surface area contributed by atoms with Gasteiger partial charge in [0.1, 0.15) is 23.9 Å². The van der Waals surface area contributed by atoms with Crippen molar-refractivity contribution in [3.05, 3.63) is 88.6 Å². The molecule has 3 aromatic rings. The number of ether oxygens (including phenoxy) is 1. The first-order valence-electron chi connectivity index (χ1n) is 11.9. The lowest BCUT2D eigenvalue weighted by Gasteiger charge is -2.38. The highest BCUT2D eigenvalue weighted by molar-refractivity contribution is 5.91. The van der Waals surface area contributed by atoms with Gasteiger partial charge < -0.3 is 19.0 Å². The lowest BCUT2D eigenvalue weighted by molar-refractivity contribution is -0.132. The SMILES string of the molecule is CCC(=O)N1CCc2ccc(OCc3ccc(C(=O)N(C)C(C)C)o3)cc2C1c1ccc(F)cc1. The Hall–Kier alpha value is -3.61. The Labute approximate surface area is 205 Å². The summed E-state index contributed by atoms with van der Waals surface area (Å²) >= 11 is 0. The topological polar surface area (TPSA) is 63.0 Å². The minimum Gasteiger partial charge on any atom is -0.486 e. The van der Waals surface area contributed by atoms with Gasteiger partial charge in [0.15, 0.2) is 5.76 Å². The molecular formula is C28H31FN2O4. The number of benzene rings is 2. The predicted octanol–water partition coefficient (Wildman–Crippen LogP) is 5.36. The van der Waals surface area contributed by atoms with E-state index in [0.717, 1.165) is 23.1 Å². The Kier molecular flexibility index (Phi) is 7.24. The average molecular weight is 479 g/mol. The maximum Gasteiger partial charge on any atom is 0.289 e. The van der Waals surface area contributed by atoms with Gasteiger partial charge in [-0.2, -0.15) is 0 Å². The molecule has 2 aromatic carbocycles. The first-order chi connectivity index (χ1) is 16.8. The Morgan fingerprint density at radius 1 is 1.14 bits per heavy atom. The molecule has 0 saturated heterocycles. The zero-order chi connectivity index (χ0) is 25.1. The van der Waals surface area contributed by atoms with Crippen molar-refractivity contribution in [2.24, 2.45) is 0 Å². The number of halogens is 1. The van der Waals surface area contributed by atoms with Crippen LogP contribution in [0.1, 0.15) is 66.2 Å². The maximum atomic E-state index is 13.6. The smallest absolute Gasteiger partial charge is 0.289 e. The van der Waals surface area contributed by atoms with Crippen LogP contribution in [0.25, 0.3) is 0 Å². The molecule has 4 rings (SSSR count). The molecule has 1 aromatic heterocycles. The Morgan fingerprint density at radius 3 is 2.57 bits per heavy atom. The minimum atomic E-state index is -0.314. The van der Waals surface area contributed by atoms with E-state index in [9.17, 15) is 14.0 Å². The summed E-state index contributed by atoms with van der Waals surface area (Å²) in [5.74, 6) is 1.01. The monoisotopic (exact) mass is 478 g/mol. The lowest BCUT2D eigenvalue weighted by atomic mass is 9.87. The highest BCUT2D eigenvalue weighted by Gasteiger charge is 2.31. The van der Waals surface area contributed by atoms with Crippen molar-refractivity contribution >= 4 is 11.8 Å². The van der Waals surface area contributed by atoms with Crippen LogP contribution in [0.3, 0.4) is 0 Å². The van der Waals surface area contributed by atoms with Crippen LogP contribution >= 0.6 is 0 Å². The van der Waals surface area contributed by atoms with Gasteiger partial charge in [-0.05, 0) is 73.4 Å². The summed E-state index contributed by atoms with van der Waals surface area (Å²) in [6.45, 7) is 6.50. The van der Waals surface area contributed by atoms with Crippen LogP contribution in [-0.4, -0.2) is 41.2 Å². The quantitative estimate of drug-likeness (QED) is 0.459. The third-order valence-corrected chi connectivity index (χ3v) is 6.50. The van der Waals surface area contributed by atoms with E-state index in [2.05, 4.69) is 0 Å². The second-order valence-corrected chi connectivity index (χ2v) is 9.07. The van der Waals surface area contributed by atoms with E-state index in [1.807, 2.05) is 43.9 Å². The van der Waals surface area contributed by atoms with Crippen molar-refractivity contribution in [1.29, 1.82) is 0 Å². The van der Waals surface area contributed by atoms with Crippen LogP contribution in [0.15, 0.2) is 59.0 Å². The first-order valence-corrected chi connectivity index (χ1v) is 11.9. The van der Waals surface area contributed by atoms with Crippen LogP contribution in [0.4, 0.5) is 4.39 Å². The number of nitrogens with zero attached hydrogens (tertiary/aromatic N) is 2. The molecule has 0 radical (unpaired) electrons. The molecule has 0 fully saturated rings. The molecule has 0 saturated carbocycles. The van der Waals surface area contributed by atoms with E-state index in [0.29, 0.717) is 24.5 Å². The maximum absolute atomic E-state index is 13.6. The van der Waals surface area contributed by atoms with Gasteiger partial charge in [0.2, 0.25) is 5.91 Å². The molecule has 0 aliphatic carbocycles. The van der Waals surface area contributed by atoms with Crippen LogP contribution in [0.2, 0.25) is 0 Å². The largest absolute Gasteiger partial charge is 0.486 e. The van der Waals surface area contributed by atoms with Crippen LogP contribution in [0, 0.1) is 5.82 Å². The second kappa shape index (κ2) is 10.3. The molecular weight excluding hydrogens is 447 g/mol. The first kappa shape index (κ1) is 24.5. The molecule has 2 amide bonds. The molecule has 6 nitrogen and oxygen atoms in total. The highest BCUT2D eigenvalue weighted by atomic mass is 19.1. The van der Waals surface area contributed by atoms with E-state index in [1.54, 1.807) is 36.2 Å². The summed E-state index contributed by atoms with van der Waals surface area (Å²) in [7, 11) is 1.74. The highest BCUT2D eigenvalue weighted by Crippen LogP contribution is 2.37. The minimum absolute atomic E-state index is 0.0513. The van der Waals surface area contributed by atoms with E-state index in [-0.39, 0.29) is 42.1 Å². The van der Waals surface area contributed by atoms with E-state index in [1.165, 1.54) is 12.1 Å². The van der Waals surface area contributed by atoms with Gasteiger partial charge in [0.05, 0.1) is 6.04 Å². The number of hydrogen-bond donors (Lipinski definition) is 0. The van der Waals surface area contributed by atoms with Gasteiger partial charge in [-0.25, -0.2) is 4.39 Å². The summed E-state index contributed by atoms with van der Waals surface area (Å²) in [6, 6.07) is 15.3. The molecule has 7 heteroatoms. The van der Waals surface area contributed by atoms with Crippen molar-refractivity contribution in [1.82, 2.24) is 9.80 Å². The molecule has 0 N–H and O–H groups in total. The predicted molar refractivity (Wildman–Crippen MR) is 131 cm³/mol. The van der Waals surface area contributed by atoms with Gasteiger partial charge in [-0.15, -0.1) is 0 Å². The molecule has 35 heavy (non-hydrogen) atoms. The zero-order valence-corrected chi connectivity index (χ0v) is 20.6. The Morgan fingerprint density at radius 2 is 1.89 bits per heavy atom. The number of fused-ring (bicyclic) bond motifs is 1. The van der Waals surface area contributed by atoms with Crippen molar-refractivity contribution in [2.75, 3.05) is 13.6 Å². The Bertz CT molecular complexity index is 1200. The van der Waals surface area contributed by atoms with Gasteiger partial charge in [-0.1, -0.05) is 25.1 Å². The van der Waals surface area contributed by atoms with E-state index in [4.69, 9.17) is 9.15 Å². The van der Waals surface area contributed by atoms with Crippen LogP contribution in [-0.2, 0) is 17.8 Å². The Balaban J connectivity index is 1.57. The fraction of sp³-hybridized carbons (Fsp3) is 0.357. The number of hydrogen-bond acceptors (Lipinski definition) is 4. The number of rotatable bonds is 7. The van der Waals surface area contributed by atoms with Crippen LogP contribution < -0.4 is 4.74 Å². The van der Waals surface area contributed by atoms with Crippen LogP contribution in [0.5, 0.6) is 5.75 Å². The molecule has 1 aliphatic heterocycles. The summed E-state index contributed by atoms with van der Waals surface area (Å²) < 4.78 is 25.3. The second-order valence-electron chi connectivity index (χ2n) is 9.07. The van der Waals surface area contributed by atoms with Crippen molar-refractivity contribution < 1.29 is 23.1 Å². The number of carbonyl (C=O) groups excluding carboxylic acids is 2. The van der Waals surface area contributed by atoms with Crippen molar-refractivity contribution in [3.63, 3.8) is 0 Å². The summed E-state index contributed by atoms with van der Waals surface area (Å²) in [4.78, 5) is 28.7. The summed E-state index contributed by atoms with van der Waals surface area (Å²) in [5.41, 5.74) is 2.96. The lowest BCUT2D eigenvalue weighted by Crippen LogP contribution is -2.40. The zero-order valence-electron chi connectivity index (χ0n) is 20.6. The van der Waals surface area contributed by atoms with Crippen molar-refractivity contribution in [2.45, 2.75) is 52.3 Å². The van der Waals surface area contributed by atoms with Gasteiger partial charge >= 0.3 is 0 Å². The molecule has 2 heterocycles. The molecule has 184 valence electrons. The van der Waals surface area contributed by atoms with Crippen molar-refractivity contribution in [3.8, 4) is 5.75 Å². The average Bonchev–Trinajstić information content (AvgIpc) is 3.35. The fourth-order valence-electron chi connectivity index (χ4n) is 4.29. The molecule has 1 aliphatic rings. The third kappa shape index (κ3) is 5.24. The van der Waals surface area contributed by atoms with E-state index < -0.39 is 0 Å². The fourth-order valence-corrected chi connectivity index (χ4v) is 4.29. The molecule has 1 unspecified atom stereocenters. The van der Waals surface area contributed by atoms with Gasteiger partial charge in [0, 0.05) is 26.1 Å². The number of furan rings is 1. The molecule has 1 atom stereocenters. The summed E-state index contributed by atoms with van der Waals surface area (Å²) in [5, 5.41) is 0. The third-order valence-electron chi connectivity index (χ3n) is 6.50. The standard InChI is InChI=1S/C28H31FN2O4/c1-5-26(32)31-15-14-19-8-11-22(16-24(19)27(31)20-6-9-21(29)10-7-20)34-17-23-12-13-25(35-23)28(33)30(4)18(2)3/h6-13,16,18,27H,5,14-15,17H2,1-4H3. The molecule has 0 bridgehead atoms. The van der Waals surface area contributed by atoms with Gasteiger partial charge in [0.25, 0.3) is 5.91 Å². The summed E-state index contributed by atoms with van der Waals surface area (Å²) in [6.07, 6.45) is 1.14. The van der Waals surface area contributed by atoms with E-state index >= 15 is 0 Å². The number of carbonyl (C=O) groups is 2. The number of amides is 2. The molecule has 0 spiro atoms. The van der Waals surface area contributed by atoms with Gasteiger partial charge in [-0.3, -0.25) is 9.59 Å².